The van der Waals surface area contributed by atoms with E-state index in [0.29, 0.717) is 39.8 Å². The maximum absolute atomic E-state index is 13.5. The SMILES string of the molecule is CCCN(Sc1ccc(Cl)c(C(F)(F)F)c1)c1cc(Cl)cnc1C(=O)c1c(C)ccnc1C. The molecule has 174 valence electrons. The number of benzene rings is 1. The van der Waals surface area contributed by atoms with E-state index in [1.807, 2.05) is 13.8 Å². The fourth-order valence-corrected chi connectivity index (χ4v) is 4.72. The first-order valence-electron chi connectivity index (χ1n) is 9.97. The zero-order valence-electron chi connectivity index (χ0n) is 18.0. The molecule has 0 aliphatic heterocycles. The van der Waals surface area contributed by atoms with Crippen LogP contribution in [0.2, 0.25) is 10.0 Å². The van der Waals surface area contributed by atoms with Crippen molar-refractivity contribution in [3.8, 4) is 0 Å². The third-order valence-electron chi connectivity index (χ3n) is 4.78. The van der Waals surface area contributed by atoms with Gasteiger partial charge in [0.2, 0.25) is 5.78 Å². The average molecular weight is 514 g/mol. The lowest BCUT2D eigenvalue weighted by Crippen LogP contribution is -2.20. The highest BCUT2D eigenvalue weighted by molar-refractivity contribution is 8.00. The van der Waals surface area contributed by atoms with E-state index in [1.54, 1.807) is 29.6 Å². The molecule has 33 heavy (non-hydrogen) atoms. The third-order valence-corrected chi connectivity index (χ3v) is 6.38. The number of ketones is 1. The molecule has 2 heterocycles. The summed E-state index contributed by atoms with van der Waals surface area (Å²) in [4.78, 5) is 22.3. The van der Waals surface area contributed by atoms with Gasteiger partial charge in [-0.2, -0.15) is 13.2 Å². The van der Waals surface area contributed by atoms with Gasteiger partial charge in [-0.1, -0.05) is 30.1 Å². The summed E-state index contributed by atoms with van der Waals surface area (Å²) in [6.07, 6.45) is -0.928. The molecule has 0 atom stereocenters. The Hall–Kier alpha value is -2.29. The predicted molar refractivity (Wildman–Crippen MR) is 126 cm³/mol. The smallest absolute Gasteiger partial charge is 0.310 e. The van der Waals surface area contributed by atoms with E-state index in [9.17, 15) is 18.0 Å². The van der Waals surface area contributed by atoms with E-state index < -0.39 is 11.7 Å². The zero-order chi connectivity index (χ0) is 24.3. The second-order valence-electron chi connectivity index (χ2n) is 7.27. The predicted octanol–water partition coefficient (Wildman–Crippen LogP) is 7.57. The van der Waals surface area contributed by atoms with Crippen LogP contribution in [0.1, 0.15) is 46.2 Å². The van der Waals surface area contributed by atoms with Crippen molar-refractivity contribution in [2.75, 3.05) is 10.8 Å². The Morgan fingerprint density at radius 2 is 1.85 bits per heavy atom. The normalized spacial score (nSPS) is 11.5. The van der Waals surface area contributed by atoms with Crippen LogP contribution in [0, 0.1) is 13.8 Å². The van der Waals surface area contributed by atoms with Crippen molar-refractivity contribution >= 4 is 46.6 Å². The van der Waals surface area contributed by atoms with Gasteiger partial charge in [0.05, 0.1) is 21.3 Å². The van der Waals surface area contributed by atoms with Gasteiger partial charge in [0.1, 0.15) is 5.69 Å². The highest BCUT2D eigenvalue weighted by atomic mass is 35.5. The Labute approximate surface area is 204 Å². The number of aryl methyl sites for hydroxylation is 2. The molecule has 0 aliphatic carbocycles. The second kappa shape index (κ2) is 10.3. The van der Waals surface area contributed by atoms with Crippen molar-refractivity contribution in [1.82, 2.24) is 9.97 Å². The van der Waals surface area contributed by atoms with Crippen molar-refractivity contribution < 1.29 is 18.0 Å². The summed E-state index contributed by atoms with van der Waals surface area (Å²) in [6, 6.07) is 7.03. The minimum atomic E-state index is -4.59. The number of halogens is 5. The summed E-state index contributed by atoms with van der Waals surface area (Å²) >= 11 is 13.0. The molecule has 2 aromatic heterocycles. The molecule has 1 aromatic carbocycles. The van der Waals surface area contributed by atoms with E-state index in [2.05, 4.69) is 9.97 Å². The van der Waals surface area contributed by atoms with Gasteiger partial charge in [-0.05, 0) is 68.1 Å². The van der Waals surface area contributed by atoms with Crippen molar-refractivity contribution in [3.63, 3.8) is 0 Å². The monoisotopic (exact) mass is 513 g/mol. The number of aromatic nitrogens is 2. The lowest BCUT2D eigenvalue weighted by molar-refractivity contribution is -0.137. The highest BCUT2D eigenvalue weighted by Crippen LogP contribution is 2.39. The van der Waals surface area contributed by atoms with Crippen LogP contribution >= 0.6 is 35.1 Å². The van der Waals surface area contributed by atoms with Crippen molar-refractivity contribution in [1.29, 1.82) is 0 Å². The number of anilines is 1. The summed E-state index contributed by atoms with van der Waals surface area (Å²) in [5.41, 5.74) is 1.37. The van der Waals surface area contributed by atoms with Crippen LogP contribution in [-0.2, 0) is 6.18 Å². The van der Waals surface area contributed by atoms with Crippen LogP contribution in [-0.4, -0.2) is 22.3 Å². The number of nitrogens with zero attached hydrogens (tertiary/aromatic N) is 3. The molecule has 0 radical (unpaired) electrons. The summed E-state index contributed by atoms with van der Waals surface area (Å²) in [5.74, 6) is -0.335. The number of pyridine rings is 2. The number of hydrogen-bond acceptors (Lipinski definition) is 5. The maximum atomic E-state index is 13.5. The standard InChI is InChI=1S/C23H20Cl2F3N3OS/c1-4-9-31(33-16-5-6-18(25)17(11-16)23(26,27)28)19-10-15(24)12-30-21(19)22(32)20-13(2)7-8-29-14(20)3/h5-8,10-12H,4,9H2,1-3H3. The van der Waals surface area contributed by atoms with Gasteiger partial charge >= 0.3 is 6.18 Å². The molecule has 0 unspecified atom stereocenters. The van der Waals surface area contributed by atoms with E-state index >= 15 is 0 Å². The molecule has 10 heteroatoms. The molecule has 0 saturated carbocycles. The summed E-state index contributed by atoms with van der Waals surface area (Å²) in [6.45, 7) is 5.90. The number of alkyl halides is 3. The molecule has 0 aliphatic rings. The highest BCUT2D eigenvalue weighted by Gasteiger charge is 2.33. The van der Waals surface area contributed by atoms with Crippen LogP contribution in [0.5, 0.6) is 0 Å². The quantitative estimate of drug-likeness (QED) is 0.240. The Bertz CT molecular complexity index is 1170. The minimum Gasteiger partial charge on any atom is -0.310 e. The molecule has 0 saturated heterocycles. The average Bonchev–Trinajstić information content (AvgIpc) is 2.73. The molecular formula is C23H20Cl2F3N3OS. The summed E-state index contributed by atoms with van der Waals surface area (Å²) < 4.78 is 41.7. The largest absolute Gasteiger partial charge is 0.417 e. The molecular weight excluding hydrogens is 494 g/mol. The Kier molecular flexibility index (Phi) is 7.92. The van der Waals surface area contributed by atoms with E-state index in [1.165, 1.54) is 18.3 Å². The molecule has 0 fully saturated rings. The number of rotatable bonds is 7. The van der Waals surface area contributed by atoms with Crippen molar-refractivity contribution in [2.45, 2.75) is 38.3 Å². The lowest BCUT2D eigenvalue weighted by atomic mass is 10.0. The molecule has 0 bridgehead atoms. The molecule has 3 aromatic rings. The molecule has 3 rings (SSSR count). The van der Waals surface area contributed by atoms with E-state index in [0.717, 1.165) is 23.6 Å². The topological polar surface area (TPSA) is 46.1 Å². The van der Waals surface area contributed by atoms with Crippen LogP contribution < -0.4 is 4.31 Å². The first-order valence-corrected chi connectivity index (χ1v) is 11.5. The molecule has 0 N–H and O–H groups in total. The lowest BCUT2D eigenvalue weighted by Gasteiger charge is -2.25. The van der Waals surface area contributed by atoms with E-state index in [4.69, 9.17) is 23.2 Å². The third kappa shape index (κ3) is 5.80. The van der Waals surface area contributed by atoms with Gasteiger partial charge in [-0.25, -0.2) is 4.98 Å². The first kappa shape index (κ1) is 25.3. The van der Waals surface area contributed by atoms with Crippen molar-refractivity contribution in [2.24, 2.45) is 0 Å². The van der Waals surface area contributed by atoms with Gasteiger partial charge in [0.25, 0.3) is 0 Å². The second-order valence-corrected chi connectivity index (χ2v) is 9.21. The van der Waals surface area contributed by atoms with Crippen LogP contribution in [0.25, 0.3) is 0 Å². The Morgan fingerprint density at radius 1 is 1.12 bits per heavy atom. The number of carbonyl (C=O) groups is 1. The summed E-state index contributed by atoms with van der Waals surface area (Å²) in [7, 11) is 0. The van der Waals surface area contributed by atoms with Crippen LogP contribution in [0.15, 0.2) is 47.6 Å². The Morgan fingerprint density at radius 3 is 2.48 bits per heavy atom. The van der Waals surface area contributed by atoms with Gasteiger partial charge in [0.15, 0.2) is 0 Å². The minimum absolute atomic E-state index is 0.143. The fourth-order valence-electron chi connectivity index (χ4n) is 3.27. The van der Waals surface area contributed by atoms with Gasteiger partial charge in [-0.15, -0.1) is 0 Å². The van der Waals surface area contributed by atoms with Gasteiger partial charge in [0, 0.05) is 35.1 Å². The fraction of sp³-hybridized carbons (Fsp3) is 0.261. The van der Waals surface area contributed by atoms with Crippen molar-refractivity contribution in [3.05, 3.63) is 80.8 Å². The van der Waals surface area contributed by atoms with Gasteiger partial charge < -0.3 is 4.31 Å². The Balaban J connectivity index is 2.08. The zero-order valence-corrected chi connectivity index (χ0v) is 20.3. The maximum Gasteiger partial charge on any atom is 0.417 e. The van der Waals surface area contributed by atoms with E-state index in [-0.39, 0.29) is 16.5 Å². The molecule has 0 spiro atoms. The van der Waals surface area contributed by atoms with Gasteiger partial charge in [-0.3, -0.25) is 9.78 Å². The number of carbonyl (C=O) groups excluding carboxylic acids is 1. The van der Waals surface area contributed by atoms with Crippen LogP contribution in [0.3, 0.4) is 0 Å². The number of hydrogen-bond donors (Lipinski definition) is 0. The molecule has 4 nitrogen and oxygen atoms in total. The summed E-state index contributed by atoms with van der Waals surface area (Å²) in [5, 5.41) is -0.0771. The van der Waals surface area contributed by atoms with Crippen LogP contribution in [0.4, 0.5) is 18.9 Å². The molecule has 0 amide bonds. The first-order chi connectivity index (χ1) is 15.5.